The van der Waals surface area contributed by atoms with Gasteiger partial charge in [0.15, 0.2) is 6.54 Å². The third-order valence-electron chi connectivity index (χ3n) is 5.12. The summed E-state index contributed by atoms with van der Waals surface area (Å²) in [6.45, 7) is 7.39. The van der Waals surface area contributed by atoms with E-state index < -0.39 is 0 Å². The van der Waals surface area contributed by atoms with Crippen molar-refractivity contribution in [3.63, 3.8) is 0 Å². The SMILES string of the molecule is CC(/C=N\NC(=O)C[NH+]1CC[NH+](Cc2ccccc2Cl)CC1)=C\c1ccccc1. The highest BCUT2D eigenvalue weighted by Crippen LogP contribution is 2.13. The van der Waals surface area contributed by atoms with Gasteiger partial charge in [-0.05, 0) is 24.1 Å². The van der Waals surface area contributed by atoms with Gasteiger partial charge in [0.25, 0.3) is 5.91 Å². The predicted octanol–water partition coefficient (Wildman–Crippen LogP) is 0.829. The van der Waals surface area contributed by atoms with E-state index >= 15 is 0 Å². The Morgan fingerprint density at radius 2 is 1.69 bits per heavy atom. The van der Waals surface area contributed by atoms with Gasteiger partial charge in [0.2, 0.25) is 0 Å². The second-order valence-corrected chi connectivity index (χ2v) is 7.94. The van der Waals surface area contributed by atoms with Crippen LogP contribution in [0.3, 0.4) is 0 Å². The van der Waals surface area contributed by atoms with Crippen molar-refractivity contribution in [3.8, 4) is 0 Å². The van der Waals surface area contributed by atoms with Crippen LogP contribution >= 0.6 is 11.6 Å². The molecular formula is C23H29ClN4O+2. The van der Waals surface area contributed by atoms with Gasteiger partial charge in [-0.15, -0.1) is 0 Å². The maximum Gasteiger partial charge on any atom is 0.295 e. The van der Waals surface area contributed by atoms with Gasteiger partial charge in [0, 0.05) is 10.6 Å². The maximum atomic E-state index is 12.2. The monoisotopic (exact) mass is 412 g/mol. The summed E-state index contributed by atoms with van der Waals surface area (Å²) >= 11 is 6.27. The van der Waals surface area contributed by atoms with Crippen molar-refractivity contribution in [3.05, 3.63) is 76.3 Å². The molecule has 0 saturated carbocycles. The number of rotatable bonds is 7. The first kappa shape index (κ1) is 21.2. The minimum absolute atomic E-state index is 0.0432. The molecule has 3 N–H and O–H groups in total. The molecule has 5 nitrogen and oxygen atoms in total. The molecule has 1 fully saturated rings. The Morgan fingerprint density at radius 1 is 1.03 bits per heavy atom. The van der Waals surface area contributed by atoms with E-state index in [-0.39, 0.29) is 5.91 Å². The fourth-order valence-corrected chi connectivity index (χ4v) is 3.75. The molecule has 1 aliphatic heterocycles. The van der Waals surface area contributed by atoms with Crippen LogP contribution in [0.15, 0.2) is 65.3 Å². The number of piperazine rings is 1. The lowest BCUT2D eigenvalue weighted by molar-refractivity contribution is -1.02. The number of quaternary nitrogens is 2. The molecule has 1 saturated heterocycles. The average Bonchev–Trinajstić information content (AvgIpc) is 2.72. The number of allylic oxidation sites excluding steroid dienone is 1. The minimum atomic E-state index is -0.0432. The van der Waals surface area contributed by atoms with Crippen molar-refractivity contribution in [2.45, 2.75) is 13.5 Å². The highest BCUT2D eigenvalue weighted by atomic mass is 35.5. The number of carbonyl (C=O) groups is 1. The Labute approximate surface area is 177 Å². The second-order valence-electron chi connectivity index (χ2n) is 7.54. The van der Waals surface area contributed by atoms with Crippen molar-refractivity contribution in [1.29, 1.82) is 0 Å². The standard InChI is InChI=1S/C23H27ClN4O/c1-19(15-20-7-3-2-4-8-20)16-25-26-23(29)18-28-13-11-27(12-14-28)17-21-9-5-6-10-22(21)24/h2-10,15-16H,11-14,17-18H2,1H3,(H,26,29)/p+2/b19-15+,25-16-. The van der Waals surface area contributed by atoms with E-state index in [2.05, 4.69) is 16.6 Å². The number of carbonyl (C=O) groups excluding carboxylic acids is 1. The third-order valence-corrected chi connectivity index (χ3v) is 5.49. The number of hydrazone groups is 1. The van der Waals surface area contributed by atoms with E-state index in [1.807, 2.05) is 61.5 Å². The Balaban J connectivity index is 1.38. The molecule has 0 atom stereocenters. The summed E-state index contributed by atoms with van der Waals surface area (Å²) < 4.78 is 0. The zero-order valence-corrected chi connectivity index (χ0v) is 17.6. The van der Waals surface area contributed by atoms with Gasteiger partial charge in [0.05, 0.1) is 6.21 Å². The first-order valence-corrected chi connectivity index (χ1v) is 10.4. The number of nitrogens with one attached hydrogen (secondary N) is 3. The molecule has 152 valence electrons. The maximum absolute atomic E-state index is 12.2. The number of benzene rings is 2. The highest BCUT2D eigenvalue weighted by Gasteiger charge is 2.25. The largest absolute Gasteiger partial charge is 0.322 e. The van der Waals surface area contributed by atoms with Gasteiger partial charge < -0.3 is 9.80 Å². The summed E-state index contributed by atoms with van der Waals surface area (Å²) in [6, 6.07) is 18.1. The number of amides is 1. The fourth-order valence-electron chi connectivity index (χ4n) is 3.54. The number of hydrogen-bond acceptors (Lipinski definition) is 2. The molecule has 2 aromatic rings. The van der Waals surface area contributed by atoms with E-state index in [4.69, 9.17) is 11.6 Å². The molecule has 2 aromatic carbocycles. The Hall–Kier alpha value is -2.47. The van der Waals surface area contributed by atoms with Crippen LogP contribution < -0.4 is 15.2 Å². The molecule has 0 radical (unpaired) electrons. The van der Waals surface area contributed by atoms with Crippen molar-refractivity contribution < 1.29 is 14.6 Å². The van der Waals surface area contributed by atoms with Crippen LogP contribution in [0.1, 0.15) is 18.1 Å². The van der Waals surface area contributed by atoms with Gasteiger partial charge in [-0.1, -0.05) is 66.2 Å². The Bertz CT molecular complexity index is 858. The van der Waals surface area contributed by atoms with Crippen LogP contribution in [0.4, 0.5) is 0 Å². The second kappa shape index (κ2) is 10.9. The number of nitrogens with zero attached hydrogens (tertiary/aromatic N) is 1. The lowest BCUT2D eigenvalue weighted by atomic mass is 10.1. The molecule has 1 amide bonds. The molecule has 0 spiro atoms. The molecule has 0 aromatic heterocycles. The first-order chi connectivity index (χ1) is 14.1. The van der Waals surface area contributed by atoms with Gasteiger partial charge in [-0.2, -0.15) is 5.10 Å². The molecule has 0 unspecified atom stereocenters. The molecule has 1 heterocycles. The minimum Gasteiger partial charge on any atom is -0.322 e. The lowest BCUT2D eigenvalue weighted by Crippen LogP contribution is -3.28. The summed E-state index contributed by atoms with van der Waals surface area (Å²) in [7, 11) is 0. The molecule has 0 bridgehead atoms. The van der Waals surface area contributed by atoms with Crippen molar-refractivity contribution in [2.75, 3.05) is 32.7 Å². The zero-order chi connectivity index (χ0) is 20.5. The lowest BCUT2D eigenvalue weighted by Gasteiger charge is -2.29. The molecule has 1 aliphatic rings. The average molecular weight is 413 g/mol. The summed E-state index contributed by atoms with van der Waals surface area (Å²) in [4.78, 5) is 15.0. The van der Waals surface area contributed by atoms with Gasteiger partial charge >= 0.3 is 0 Å². The van der Waals surface area contributed by atoms with Crippen LogP contribution in [-0.4, -0.2) is 44.8 Å². The smallest absolute Gasteiger partial charge is 0.295 e. The van der Waals surface area contributed by atoms with Crippen LogP contribution in [-0.2, 0) is 11.3 Å². The summed E-state index contributed by atoms with van der Waals surface area (Å²) in [6.07, 6.45) is 3.72. The fraction of sp³-hybridized carbons (Fsp3) is 0.304. The van der Waals surface area contributed by atoms with E-state index in [0.717, 1.165) is 48.9 Å². The topological polar surface area (TPSA) is 50.3 Å². The molecule has 0 aliphatic carbocycles. The van der Waals surface area contributed by atoms with Crippen LogP contribution in [0.2, 0.25) is 5.02 Å². The van der Waals surface area contributed by atoms with Crippen molar-refractivity contribution in [2.24, 2.45) is 5.10 Å². The van der Waals surface area contributed by atoms with E-state index in [0.29, 0.717) is 6.54 Å². The van der Waals surface area contributed by atoms with Crippen LogP contribution in [0.25, 0.3) is 6.08 Å². The van der Waals surface area contributed by atoms with Gasteiger partial charge in [0.1, 0.15) is 32.7 Å². The van der Waals surface area contributed by atoms with Crippen LogP contribution in [0.5, 0.6) is 0 Å². The van der Waals surface area contributed by atoms with Crippen molar-refractivity contribution in [1.82, 2.24) is 5.43 Å². The molecule has 29 heavy (non-hydrogen) atoms. The third kappa shape index (κ3) is 7.13. The molecular weight excluding hydrogens is 384 g/mol. The summed E-state index contributed by atoms with van der Waals surface area (Å²) in [5.74, 6) is -0.0432. The Kier molecular flexibility index (Phi) is 7.99. The highest BCUT2D eigenvalue weighted by molar-refractivity contribution is 6.31. The predicted molar refractivity (Wildman–Crippen MR) is 118 cm³/mol. The molecule has 3 rings (SSSR count). The first-order valence-electron chi connectivity index (χ1n) is 10.1. The summed E-state index contributed by atoms with van der Waals surface area (Å²) in [5.41, 5.74) is 5.94. The zero-order valence-electron chi connectivity index (χ0n) is 16.8. The van der Waals surface area contributed by atoms with E-state index in [9.17, 15) is 4.79 Å². The van der Waals surface area contributed by atoms with Crippen LogP contribution in [0, 0.1) is 0 Å². The van der Waals surface area contributed by atoms with E-state index in [1.54, 1.807) is 6.21 Å². The number of halogens is 1. The molecule has 6 heteroatoms. The normalized spacial score (nSPS) is 20.0. The number of hydrogen-bond donors (Lipinski definition) is 3. The van der Waals surface area contributed by atoms with E-state index in [1.165, 1.54) is 15.4 Å². The summed E-state index contributed by atoms with van der Waals surface area (Å²) in [5, 5.41) is 4.92. The quantitative estimate of drug-likeness (QED) is 0.458. The van der Waals surface area contributed by atoms with Crippen molar-refractivity contribution >= 4 is 29.8 Å². The Morgan fingerprint density at radius 3 is 2.41 bits per heavy atom. The van der Waals surface area contributed by atoms with Gasteiger partial charge in [-0.25, -0.2) is 5.43 Å². The van der Waals surface area contributed by atoms with Gasteiger partial charge in [-0.3, -0.25) is 4.79 Å².